The highest BCUT2D eigenvalue weighted by Gasteiger charge is 2.06. The molecule has 0 amide bonds. The molecule has 0 fully saturated rings. The fourth-order valence-electron chi connectivity index (χ4n) is 1.09. The van der Waals surface area contributed by atoms with E-state index in [0.29, 0.717) is 11.8 Å². The Bertz CT molecular complexity index is 324. The smallest absolute Gasteiger partial charge is 0.134 e. The van der Waals surface area contributed by atoms with Gasteiger partial charge < -0.3 is 5.32 Å². The summed E-state index contributed by atoms with van der Waals surface area (Å²) < 4.78 is 0.840. The summed E-state index contributed by atoms with van der Waals surface area (Å²) in [4.78, 5) is 8.78. The van der Waals surface area contributed by atoms with Gasteiger partial charge in [0.05, 0.1) is 0 Å². The Morgan fingerprint density at radius 1 is 1.27 bits per heavy atom. The summed E-state index contributed by atoms with van der Waals surface area (Å²) >= 11 is 3.40. The van der Waals surface area contributed by atoms with Crippen molar-refractivity contribution in [1.29, 1.82) is 0 Å². The van der Waals surface area contributed by atoms with Crippen LogP contribution in [0.15, 0.2) is 10.7 Å². The van der Waals surface area contributed by atoms with E-state index in [1.807, 2.05) is 6.07 Å². The normalized spacial score (nSPS) is 11.1. The zero-order valence-corrected chi connectivity index (χ0v) is 11.3. The van der Waals surface area contributed by atoms with Crippen LogP contribution in [-0.2, 0) is 0 Å². The molecule has 1 heterocycles. The second-order valence-corrected chi connectivity index (χ2v) is 5.18. The van der Waals surface area contributed by atoms with E-state index in [1.54, 1.807) is 0 Å². The first-order valence-corrected chi connectivity index (χ1v) is 6.06. The van der Waals surface area contributed by atoms with Crippen LogP contribution < -0.4 is 5.32 Å². The van der Waals surface area contributed by atoms with Crippen LogP contribution in [0.4, 0.5) is 5.82 Å². The maximum absolute atomic E-state index is 4.45. The molecular weight excluding hydrogens is 254 g/mol. The fraction of sp³-hybridized carbons (Fsp3) is 0.636. The van der Waals surface area contributed by atoms with Crippen molar-refractivity contribution in [2.75, 3.05) is 11.9 Å². The summed E-state index contributed by atoms with van der Waals surface area (Å²) in [6.45, 7) is 9.46. The first-order chi connectivity index (χ1) is 6.99. The van der Waals surface area contributed by atoms with Gasteiger partial charge in [0.15, 0.2) is 0 Å². The molecule has 0 atom stereocenters. The zero-order valence-electron chi connectivity index (χ0n) is 9.71. The average Bonchev–Trinajstić information content (AvgIpc) is 2.13. The maximum atomic E-state index is 4.45. The van der Waals surface area contributed by atoms with E-state index in [2.05, 4.69) is 58.9 Å². The van der Waals surface area contributed by atoms with Crippen molar-refractivity contribution in [3.05, 3.63) is 16.5 Å². The van der Waals surface area contributed by atoms with Crippen LogP contribution in [0.25, 0.3) is 0 Å². The molecule has 0 spiro atoms. The van der Waals surface area contributed by atoms with Gasteiger partial charge >= 0.3 is 0 Å². The molecule has 0 radical (unpaired) electrons. The minimum atomic E-state index is 0.349. The predicted octanol–water partition coefficient (Wildman–Crippen LogP) is 3.43. The Balaban J connectivity index is 2.79. The third kappa shape index (κ3) is 4.16. The van der Waals surface area contributed by atoms with Crippen molar-refractivity contribution in [1.82, 2.24) is 9.97 Å². The average molecular weight is 272 g/mol. The van der Waals surface area contributed by atoms with Gasteiger partial charge in [-0.1, -0.05) is 27.7 Å². The Morgan fingerprint density at radius 3 is 2.47 bits per heavy atom. The number of aromatic nitrogens is 2. The van der Waals surface area contributed by atoms with Crippen LogP contribution in [0.2, 0.25) is 0 Å². The fourth-order valence-corrected chi connectivity index (χ4v) is 1.49. The number of hydrogen-bond donors (Lipinski definition) is 1. The lowest BCUT2D eigenvalue weighted by atomic mass is 10.2. The van der Waals surface area contributed by atoms with Crippen LogP contribution in [0.1, 0.15) is 39.4 Å². The minimum Gasteiger partial charge on any atom is -0.370 e. The van der Waals surface area contributed by atoms with E-state index in [4.69, 9.17) is 0 Å². The van der Waals surface area contributed by atoms with E-state index >= 15 is 0 Å². The summed E-state index contributed by atoms with van der Waals surface area (Å²) in [7, 11) is 0. The Hall–Kier alpha value is -0.640. The van der Waals surface area contributed by atoms with Gasteiger partial charge in [0.25, 0.3) is 0 Å². The highest BCUT2D eigenvalue weighted by molar-refractivity contribution is 9.10. The molecule has 1 N–H and O–H groups in total. The van der Waals surface area contributed by atoms with Crippen molar-refractivity contribution < 1.29 is 0 Å². The number of anilines is 1. The molecule has 0 aliphatic rings. The number of nitrogens with one attached hydrogen (secondary N) is 1. The Kier molecular flexibility index (Phi) is 4.51. The first kappa shape index (κ1) is 12.4. The molecule has 0 saturated carbocycles. The van der Waals surface area contributed by atoms with Gasteiger partial charge in [-0.2, -0.15) is 0 Å². The van der Waals surface area contributed by atoms with E-state index in [-0.39, 0.29) is 0 Å². The molecule has 3 nitrogen and oxygen atoms in total. The van der Waals surface area contributed by atoms with Gasteiger partial charge in [0, 0.05) is 18.5 Å². The lowest BCUT2D eigenvalue weighted by Gasteiger charge is -2.11. The van der Waals surface area contributed by atoms with E-state index in [9.17, 15) is 0 Å². The van der Waals surface area contributed by atoms with Crippen molar-refractivity contribution in [3.63, 3.8) is 0 Å². The van der Waals surface area contributed by atoms with Gasteiger partial charge in [0.1, 0.15) is 16.2 Å². The standard InChI is InChI=1S/C11H18BrN3/c1-7(2)6-13-10-5-9(12)14-11(15-10)8(3)4/h5,7-8H,6H2,1-4H3,(H,13,14,15). The summed E-state index contributed by atoms with van der Waals surface area (Å²) in [5.74, 6) is 2.73. The van der Waals surface area contributed by atoms with Crippen molar-refractivity contribution in [2.45, 2.75) is 33.6 Å². The molecule has 84 valence electrons. The molecule has 1 rings (SSSR count). The molecule has 15 heavy (non-hydrogen) atoms. The van der Waals surface area contributed by atoms with Gasteiger partial charge in [-0.3, -0.25) is 0 Å². The van der Waals surface area contributed by atoms with Crippen LogP contribution in [-0.4, -0.2) is 16.5 Å². The first-order valence-electron chi connectivity index (χ1n) is 5.27. The molecule has 0 aliphatic heterocycles. The molecule has 0 bridgehead atoms. The molecule has 0 unspecified atom stereocenters. The molecule has 0 aliphatic carbocycles. The Morgan fingerprint density at radius 2 is 1.93 bits per heavy atom. The lowest BCUT2D eigenvalue weighted by molar-refractivity contribution is 0.684. The largest absolute Gasteiger partial charge is 0.370 e. The molecule has 0 aromatic carbocycles. The highest BCUT2D eigenvalue weighted by Crippen LogP contribution is 2.17. The molecule has 1 aromatic rings. The number of nitrogens with zero attached hydrogens (tertiary/aromatic N) is 2. The number of hydrogen-bond acceptors (Lipinski definition) is 3. The summed E-state index contributed by atoms with van der Waals surface area (Å²) in [6.07, 6.45) is 0. The quantitative estimate of drug-likeness (QED) is 0.853. The van der Waals surface area contributed by atoms with Crippen LogP contribution >= 0.6 is 15.9 Å². The number of halogens is 1. The topological polar surface area (TPSA) is 37.8 Å². The van der Waals surface area contributed by atoms with Gasteiger partial charge in [-0.05, 0) is 21.8 Å². The maximum Gasteiger partial charge on any atom is 0.134 e. The van der Waals surface area contributed by atoms with Crippen molar-refractivity contribution >= 4 is 21.7 Å². The predicted molar refractivity (Wildman–Crippen MR) is 67.1 cm³/mol. The molecule has 0 saturated heterocycles. The van der Waals surface area contributed by atoms with Crippen LogP contribution in [0, 0.1) is 5.92 Å². The van der Waals surface area contributed by atoms with E-state index in [0.717, 1.165) is 22.8 Å². The molecular formula is C11H18BrN3. The Labute approximate surface area is 99.8 Å². The second-order valence-electron chi connectivity index (χ2n) is 4.36. The number of rotatable bonds is 4. The van der Waals surface area contributed by atoms with Gasteiger partial charge in [-0.15, -0.1) is 0 Å². The van der Waals surface area contributed by atoms with Crippen LogP contribution in [0.3, 0.4) is 0 Å². The molecule has 4 heteroatoms. The van der Waals surface area contributed by atoms with E-state index < -0.39 is 0 Å². The summed E-state index contributed by atoms with van der Waals surface area (Å²) in [5, 5.41) is 3.30. The second kappa shape index (κ2) is 5.45. The monoisotopic (exact) mass is 271 g/mol. The van der Waals surface area contributed by atoms with E-state index in [1.165, 1.54) is 0 Å². The van der Waals surface area contributed by atoms with Crippen molar-refractivity contribution in [2.24, 2.45) is 5.92 Å². The minimum absolute atomic E-state index is 0.349. The van der Waals surface area contributed by atoms with Crippen molar-refractivity contribution in [3.8, 4) is 0 Å². The third-order valence-electron chi connectivity index (χ3n) is 1.92. The zero-order chi connectivity index (χ0) is 11.4. The van der Waals surface area contributed by atoms with Gasteiger partial charge in [0.2, 0.25) is 0 Å². The molecule has 1 aromatic heterocycles. The third-order valence-corrected chi connectivity index (χ3v) is 2.33. The lowest BCUT2D eigenvalue weighted by Crippen LogP contribution is -2.11. The van der Waals surface area contributed by atoms with Gasteiger partial charge in [-0.25, -0.2) is 9.97 Å². The summed E-state index contributed by atoms with van der Waals surface area (Å²) in [6, 6.07) is 1.91. The summed E-state index contributed by atoms with van der Waals surface area (Å²) in [5.41, 5.74) is 0. The van der Waals surface area contributed by atoms with Crippen LogP contribution in [0.5, 0.6) is 0 Å². The SMILES string of the molecule is CC(C)CNc1cc(Br)nc(C(C)C)n1. The highest BCUT2D eigenvalue weighted by atomic mass is 79.9.